The molecule has 1 aliphatic rings. The highest BCUT2D eigenvalue weighted by molar-refractivity contribution is 5.40. The van der Waals surface area contributed by atoms with E-state index < -0.39 is 0 Å². The summed E-state index contributed by atoms with van der Waals surface area (Å²) in [5.41, 5.74) is 8.34. The highest BCUT2D eigenvalue weighted by atomic mass is 15.3. The van der Waals surface area contributed by atoms with Crippen LogP contribution in [0.2, 0.25) is 0 Å². The second-order valence-electron chi connectivity index (χ2n) is 6.36. The molecule has 106 valence electrons. The van der Waals surface area contributed by atoms with Gasteiger partial charge in [0, 0.05) is 30.9 Å². The van der Waals surface area contributed by atoms with Gasteiger partial charge in [0.1, 0.15) is 0 Å². The molecular formula is C16H27N3. The summed E-state index contributed by atoms with van der Waals surface area (Å²) in [7, 11) is 2.23. The summed E-state index contributed by atoms with van der Waals surface area (Å²) >= 11 is 0. The highest BCUT2D eigenvalue weighted by Gasteiger charge is 2.30. The molecule has 1 aliphatic heterocycles. The second kappa shape index (κ2) is 5.93. The first-order valence-electron chi connectivity index (χ1n) is 7.25. The van der Waals surface area contributed by atoms with Crippen LogP contribution in [-0.2, 0) is 6.42 Å². The van der Waals surface area contributed by atoms with Gasteiger partial charge in [-0.1, -0.05) is 12.1 Å². The van der Waals surface area contributed by atoms with Gasteiger partial charge in [0.2, 0.25) is 0 Å². The molecule has 19 heavy (non-hydrogen) atoms. The molecule has 1 saturated heterocycles. The molecule has 0 saturated carbocycles. The standard InChI is InChI=1S/C16H27N3/c1-16(2)13-19(11-10-18(16)3)9-5-7-14-6-4-8-15(17)12-14/h4,6,8,12H,5,7,9-11,13,17H2,1-3H3. The van der Waals surface area contributed by atoms with Crippen molar-refractivity contribution in [1.82, 2.24) is 9.80 Å². The van der Waals surface area contributed by atoms with E-state index in [1.165, 1.54) is 38.2 Å². The van der Waals surface area contributed by atoms with Gasteiger partial charge in [0.05, 0.1) is 0 Å². The van der Waals surface area contributed by atoms with E-state index in [0.717, 1.165) is 12.1 Å². The van der Waals surface area contributed by atoms with Gasteiger partial charge in [0.15, 0.2) is 0 Å². The number of anilines is 1. The molecule has 0 bridgehead atoms. The van der Waals surface area contributed by atoms with Crippen LogP contribution in [-0.4, -0.2) is 48.6 Å². The molecule has 0 unspecified atom stereocenters. The average Bonchev–Trinajstić information content (AvgIpc) is 2.33. The fourth-order valence-electron chi connectivity index (χ4n) is 2.79. The molecule has 0 atom stereocenters. The van der Waals surface area contributed by atoms with Gasteiger partial charge in [-0.15, -0.1) is 0 Å². The van der Waals surface area contributed by atoms with Crippen LogP contribution in [0.5, 0.6) is 0 Å². The largest absolute Gasteiger partial charge is 0.399 e. The van der Waals surface area contributed by atoms with Crippen LogP contribution in [0.15, 0.2) is 24.3 Å². The van der Waals surface area contributed by atoms with E-state index in [1.54, 1.807) is 0 Å². The van der Waals surface area contributed by atoms with Crippen molar-refractivity contribution in [2.45, 2.75) is 32.2 Å². The fraction of sp³-hybridized carbons (Fsp3) is 0.625. The average molecular weight is 261 g/mol. The Balaban J connectivity index is 1.77. The first-order valence-corrected chi connectivity index (χ1v) is 7.25. The molecular weight excluding hydrogens is 234 g/mol. The van der Waals surface area contributed by atoms with Crippen molar-refractivity contribution in [3.05, 3.63) is 29.8 Å². The first kappa shape index (κ1) is 14.4. The summed E-state index contributed by atoms with van der Waals surface area (Å²) < 4.78 is 0. The Bertz CT molecular complexity index is 414. The molecule has 0 radical (unpaired) electrons. The number of likely N-dealkylation sites (N-methyl/N-ethyl adjacent to an activating group) is 1. The van der Waals surface area contributed by atoms with Gasteiger partial charge in [-0.2, -0.15) is 0 Å². The van der Waals surface area contributed by atoms with Crippen molar-refractivity contribution >= 4 is 5.69 Å². The number of rotatable bonds is 4. The zero-order valence-electron chi connectivity index (χ0n) is 12.5. The second-order valence-corrected chi connectivity index (χ2v) is 6.36. The van der Waals surface area contributed by atoms with Gasteiger partial charge in [-0.3, -0.25) is 4.90 Å². The van der Waals surface area contributed by atoms with Crippen LogP contribution >= 0.6 is 0 Å². The predicted molar refractivity (Wildman–Crippen MR) is 82.3 cm³/mol. The Hall–Kier alpha value is -1.06. The zero-order chi connectivity index (χ0) is 13.9. The van der Waals surface area contributed by atoms with Crippen molar-refractivity contribution in [1.29, 1.82) is 0 Å². The van der Waals surface area contributed by atoms with Crippen LogP contribution in [0.25, 0.3) is 0 Å². The summed E-state index contributed by atoms with van der Waals surface area (Å²) in [6, 6.07) is 8.26. The highest BCUT2D eigenvalue weighted by Crippen LogP contribution is 2.19. The summed E-state index contributed by atoms with van der Waals surface area (Å²) in [6.07, 6.45) is 2.33. The fourth-order valence-corrected chi connectivity index (χ4v) is 2.79. The van der Waals surface area contributed by atoms with Crippen molar-refractivity contribution in [2.24, 2.45) is 0 Å². The lowest BCUT2D eigenvalue weighted by Gasteiger charge is -2.45. The molecule has 0 amide bonds. The minimum atomic E-state index is 0.301. The topological polar surface area (TPSA) is 32.5 Å². The normalized spacial score (nSPS) is 20.6. The van der Waals surface area contributed by atoms with Crippen molar-refractivity contribution in [2.75, 3.05) is 39.0 Å². The van der Waals surface area contributed by atoms with Crippen molar-refractivity contribution in [3.8, 4) is 0 Å². The Labute approximate surface area is 117 Å². The maximum atomic E-state index is 5.81. The zero-order valence-corrected chi connectivity index (χ0v) is 12.5. The Morgan fingerprint density at radius 1 is 1.26 bits per heavy atom. The van der Waals surface area contributed by atoms with Crippen molar-refractivity contribution in [3.63, 3.8) is 0 Å². The number of benzene rings is 1. The van der Waals surface area contributed by atoms with Crippen molar-refractivity contribution < 1.29 is 0 Å². The van der Waals surface area contributed by atoms with Gasteiger partial charge in [0.25, 0.3) is 0 Å². The Kier molecular flexibility index (Phi) is 4.48. The lowest BCUT2D eigenvalue weighted by molar-refractivity contribution is 0.0396. The molecule has 0 spiro atoms. The minimum Gasteiger partial charge on any atom is -0.399 e. The molecule has 0 aromatic heterocycles. The van der Waals surface area contributed by atoms with E-state index in [-0.39, 0.29) is 0 Å². The number of hydrogen-bond donors (Lipinski definition) is 1. The predicted octanol–water partition coefficient (Wildman–Crippen LogP) is 2.23. The van der Waals surface area contributed by atoms with E-state index in [4.69, 9.17) is 5.73 Å². The molecule has 2 N–H and O–H groups in total. The molecule has 2 rings (SSSR count). The number of nitrogens with zero attached hydrogens (tertiary/aromatic N) is 2. The Morgan fingerprint density at radius 3 is 2.74 bits per heavy atom. The lowest BCUT2D eigenvalue weighted by atomic mass is 9.99. The lowest BCUT2D eigenvalue weighted by Crippen LogP contribution is -2.57. The molecule has 1 heterocycles. The number of hydrogen-bond acceptors (Lipinski definition) is 3. The van der Waals surface area contributed by atoms with E-state index in [2.05, 4.69) is 42.8 Å². The number of piperazine rings is 1. The molecule has 1 fully saturated rings. The van der Waals surface area contributed by atoms with E-state index >= 15 is 0 Å². The van der Waals surface area contributed by atoms with Gasteiger partial charge < -0.3 is 10.6 Å². The molecule has 3 nitrogen and oxygen atoms in total. The van der Waals surface area contributed by atoms with Crippen LogP contribution in [0.4, 0.5) is 5.69 Å². The summed E-state index contributed by atoms with van der Waals surface area (Å²) in [5.74, 6) is 0. The van der Waals surface area contributed by atoms with Gasteiger partial charge in [-0.05, 0) is 58.0 Å². The first-order chi connectivity index (χ1) is 8.97. The van der Waals surface area contributed by atoms with Crippen LogP contribution in [0.1, 0.15) is 25.8 Å². The number of aryl methyl sites for hydroxylation is 1. The van der Waals surface area contributed by atoms with E-state index in [9.17, 15) is 0 Å². The summed E-state index contributed by atoms with van der Waals surface area (Å²) in [4.78, 5) is 5.05. The SMILES string of the molecule is CN1CCN(CCCc2cccc(N)c2)CC1(C)C. The minimum absolute atomic E-state index is 0.301. The van der Waals surface area contributed by atoms with Crippen LogP contribution < -0.4 is 5.73 Å². The summed E-state index contributed by atoms with van der Waals surface area (Å²) in [5, 5.41) is 0. The maximum Gasteiger partial charge on any atom is 0.0316 e. The molecule has 0 aliphatic carbocycles. The monoisotopic (exact) mass is 261 g/mol. The number of nitrogen functional groups attached to an aromatic ring is 1. The third-order valence-electron chi connectivity index (χ3n) is 4.29. The Morgan fingerprint density at radius 2 is 2.05 bits per heavy atom. The summed E-state index contributed by atoms with van der Waals surface area (Å²) in [6.45, 7) is 9.38. The smallest absolute Gasteiger partial charge is 0.0316 e. The quantitative estimate of drug-likeness (QED) is 0.844. The van der Waals surface area contributed by atoms with Gasteiger partial charge >= 0.3 is 0 Å². The number of nitrogens with two attached hydrogens (primary N) is 1. The third-order valence-corrected chi connectivity index (χ3v) is 4.29. The van der Waals surface area contributed by atoms with Gasteiger partial charge in [-0.25, -0.2) is 0 Å². The molecule has 1 aromatic rings. The van der Waals surface area contributed by atoms with E-state index in [1.807, 2.05) is 12.1 Å². The van der Waals surface area contributed by atoms with E-state index in [0.29, 0.717) is 5.54 Å². The molecule has 1 aromatic carbocycles. The van der Waals surface area contributed by atoms with Crippen LogP contribution in [0.3, 0.4) is 0 Å². The van der Waals surface area contributed by atoms with Crippen LogP contribution in [0, 0.1) is 0 Å². The third kappa shape index (κ3) is 3.95. The molecule has 3 heteroatoms. The maximum absolute atomic E-state index is 5.81.